The zero-order valence-corrected chi connectivity index (χ0v) is 8.36. The molecular formula is C10H15N3O. The van der Waals surface area contributed by atoms with Crippen LogP contribution in [0.4, 0.5) is 0 Å². The first-order chi connectivity index (χ1) is 6.77. The van der Waals surface area contributed by atoms with Crippen molar-refractivity contribution in [3.05, 3.63) is 18.2 Å². The van der Waals surface area contributed by atoms with Crippen LogP contribution >= 0.6 is 0 Å². The Kier molecular flexibility index (Phi) is 2.52. The van der Waals surface area contributed by atoms with Crippen molar-refractivity contribution in [3.8, 4) is 0 Å². The molecule has 0 radical (unpaired) electrons. The summed E-state index contributed by atoms with van der Waals surface area (Å²) in [6.45, 7) is 3.37. The van der Waals surface area contributed by atoms with Gasteiger partial charge in [-0.3, -0.25) is 4.79 Å². The van der Waals surface area contributed by atoms with Crippen LogP contribution in [0.3, 0.4) is 0 Å². The Morgan fingerprint density at radius 3 is 2.79 bits per heavy atom. The molecule has 1 fully saturated rings. The number of aromatic nitrogens is 2. The fourth-order valence-corrected chi connectivity index (χ4v) is 1.99. The standard InChI is InChI=1S/C10H15N3O/c1-8(14)13-4-2-9(3-5-13)10-6-11-7-12-10/h6-7,9H,2-5H2,1H3,(H,11,12). The predicted octanol–water partition coefficient (Wildman–Crippen LogP) is 1.14. The molecule has 1 aromatic rings. The molecule has 1 saturated heterocycles. The number of hydrogen-bond acceptors (Lipinski definition) is 2. The minimum atomic E-state index is 0.186. The van der Waals surface area contributed by atoms with Crippen LogP contribution in [0.25, 0.3) is 0 Å². The highest BCUT2D eigenvalue weighted by molar-refractivity contribution is 5.73. The Balaban J connectivity index is 1.93. The van der Waals surface area contributed by atoms with Gasteiger partial charge < -0.3 is 9.88 Å². The second-order valence-electron chi connectivity index (χ2n) is 3.77. The van der Waals surface area contributed by atoms with Crippen LogP contribution in [0, 0.1) is 0 Å². The summed E-state index contributed by atoms with van der Waals surface area (Å²) in [4.78, 5) is 20.2. The third kappa shape index (κ3) is 1.78. The molecule has 0 saturated carbocycles. The van der Waals surface area contributed by atoms with Crippen LogP contribution in [-0.2, 0) is 4.79 Å². The smallest absolute Gasteiger partial charge is 0.219 e. The number of nitrogens with zero attached hydrogens (tertiary/aromatic N) is 2. The lowest BCUT2D eigenvalue weighted by atomic mass is 9.94. The molecule has 1 aliphatic rings. The third-order valence-corrected chi connectivity index (χ3v) is 2.88. The summed E-state index contributed by atoms with van der Waals surface area (Å²) in [5.41, 5.74) is 1.13. The summed E-state index contributed by atoms with van der Waals surface area (Å²) in [6.07, 6.45) is 5.73. The molecular weight excluding hydrogens is 178 g/mol. The van der Waals surface area contributed by atoms with E-state index in [0.29, 0.717) is 5.92 Å². The van der Waals surface area contributed by atoms with Crippen LogP contribution in [0.5, 0.6) is 0 Å². The highest BCUT2D eigenvalue weighted by Crippen LogP contribution is 2.25. The first-order valence-corrected chi connectivity index (χ1v) is 5.01. The van der Waals surface area contributed by atoms with Crippen LogP contribution in [0.15, 0.2) is 12.5 Å². The molecule has 0 atom stereocenters. The van der Waals surface area contributed by atoms with Gasteiger partial charge in [0.05, 0.1) is 12.0 Å². The van der Waals surface area contributed by atoms with E-state index >= 15 is 0 Å². The molecule has 1 N–H and O–H groups in total. The molecule has 0 bridgehead atoms. The SMILES string of the molecule is CC(=O)N1CCC(c2c[nH]cn2)CC1. The monoisotopic (exact) mass is 193 g/mol. The molecule has 14 heavy (non-hydrogen) atoms. The van der Waals surface area contributed by atoms with Gasteiger partial charge in [0.15, 0.2) is 0 Å². The molecule has 0 aromatic carbocycles. The number of likely N-dealkylation sites (tertiary alicyclic amines) is 1. The summed E-state index contributed by atoms with van der Waals surface area (Å²) >= 11 is 0. The van der Waals surface area contributed by atoms with Crippen molar-refractivity contribution in [2.75, 3.05) is 13.1 Å². The summed E-state index contributed by atoms with van der Waals surface area (Å²) in [5.74, 6) is 0.710. The Hall–Kier alpha value is -1.32. The topological polar surface area (TPSA) is 49.0 Å². The first kappa shape index (κ1) is 9.24. The normalized spacial score (nSPS) is 18.5. The average Bonchev–Trinajstić information content (AvgIpc) is 2.71. The van der Waals surface area contributed by atoms with Gasteiger partial charge in [0.2, 0.25) is 5.91 Å². The number of nitrogens with one attached hydrogen (secondary N) is 1. The van der Waals surface area contributed by atoms with Crippen molar-refractivity contribution in [2.24, 2.45) is 0 Å². The first-order valence-electron chi connectivity index (χ1n) is 5.01. The maximum Gasteiger partial charge on any atom is 0.219 e. The van der Waals surface area contributed by atoms with Crippen molar-refractivity contribution in [1.29, 1.82) is 0 Å². The molecule has 0 spiro atoms. The lowest BCUT2D eigenvalue weighted by Gasteiger charge is -2.30. The van der Waals surface area contributed by atoms with Crippen molar-refractivity contribution >= 4 is 5.91 Å². The fourth-order valence-electron chi connectivity index (χ4n) is 1.99. The molecule has 2 rings (SSSR count). The summed E-state index contributed by atoms with van der Waals surface area (Å²) < 4.78 is 0. The molecule has 4 heteroatoms. The average molecular weight is 193 g/mol. The number of aromatic amines is 1. The van der Waals surface area contributed by atoms with Gasteiger partial charge in [0.1, 0.15) is 0 Å². The van der Waals surface area contributed by atoms with E-state index in [1.165, 1.54) is 0 Å². The third-order valence-electron chi connectivity index (χ3n) is 2.88. The number of hydrogen-bond donors (Lipinski definition) is 1. The van der Waals surface area contributed by atoms with E-state index in [1.807, 2.05) is 11.1 Å². The van der Waals surface area contributed by atoms with E-state index in [2.05, 4.69) is 9.97 Å². The van der Waals surface area contributed by atoms with Gasteiger partial charge in [-0.15, -0.1) is 0 Å². The van der Waals surface area contributed by atoms with Gasteiger partial charge in [0.25, 0.3) is 0 Å². The summed E-state index contributed by atoms with van der Waals surface area (Å²) in [7, 11) is 0. The maximum absolute atomic E-state index is 11.1. The minimum Gasteiger partial charge on any atom is -0.351 e. The fraction of sp³-hybridized carbons (Fsp3) is 0.600. The van der Waals surface area contributed by atoms with E-state index in [1.54, 1.807) is 13.3 Å². The van der Waals surface area contributed by atoms with Crippen molar-refractivity contribution < 1.29 is 4.79 Å². The lowest BCUT2D eigenvalue weighted by Crippen LogP contribution is -2.36. The number of amides is 1. The lowest BCUT2D eigenvalue weighted by molar-refractivity contribution is -0.129. The maximum atomic E-state index is 11.1. The van der Waals surface area contributed by atoms with Crippen LogP contribution in [0.1, 0.15) is 31.4 Å². The number of rotatable bonds is 1. The van der Waals surface area contributed by atoms with Gasteiger partial charge in [-0.1, -0.05) is 0 Å². The number of H-pyrrole nitrogens is 1. The number of piperidine rings is 1. The molecule has 76 valence electrons. The Morgan fingerprint density at radius 2 is 2.29 bits per heavy atom. The van der Waals surface area contributed by atoms with E-state index in [0.717, 1.165) is 31.6 Å². The van der Waals surface area contributed by atoms with Gasteiger partial charge in [-0.25, -0.2) is 4.98 Å². The zero-order valence-electron chi connectivity index (χ0n) is 8.36. The van der Waals surface area contributed by atoms with Gasteiger partial charge in [-0.05, 0) is 12.8 Å². The Bertz CT molecular complexity index is 299. The van der Waals surface area contributed by atoms with E-state index in [-0.39, 0.29) is 5.91 Å². The Morgan fingerprint density at radius 1 is 1.57 bits per heavy atom. The second-order valence-corrected chi connectivity index (χ2v) is 3.77. The molecule has 1 amide bonds. The molecule has 1 aromatic heterocycles. The number of carbonyl (C=O) groups excluding carboxylic acids is 1. The predicted molar refractivity (Wildman–Crippen MR) is 52.8 cm³/mol. The van der Waals surface area contributed by atoms with E-state index < -0.39 is 0 Å². The molecule has 0 aliphatic carbocycles. The van der Waals surface area contributed by atoms with E-state index in [4.69, 9.17) is 0 Å². The van der Waals surface area contributed by atoms with Crippen molar-refractivity contribution in [1.82, 2.24) is 14.9 Å². The van der Waals surface area contributed by atoms with Crippen molar-refractivity contribution in [3.63, 3.8) is 0 Å². The summed E-state index contributed by atoms with van der Waals surface area (Å²) in [5, 5.41) is 0. The summed E-state index contributed by atoms with van der Waals surface area (Å²) in [6, 6.07) is 0. The van der Waals surface area contributed by atoms with Crippen LogP contribution in [0.2, 0.25) is 0 Å². The number of carbonyl (C=O) groups is 1. The number of imidazole rings is 1. The molecule has 4 nitrogen and oxygen atoms in total. The second kappa shape index (κ2) is 3.82. The molecule has 0 unspecified atom stereocenters. The van der Waals surface area contributed by atoms with Gasteiger partial charge in [-0.2, -0.15) is 0 Å². The molecule has 1 aliphatic heterocycles. The van der Waals surface area contributed by atoms with Crippen LogP contribution in [-0.4, -0.2) is 33.9 Å². The van der Waals surface area contributed by atoms with E-state index in [9.17, 15) is 4.79 Å². The molecule has 2 heterocycles. The van der Waals surface area contributed by atoms with Crippen LogP contribution < -0.4 is 0 Å². The largest absolute Gasteiger partial charge is 0.351 e. The van der Waals surface area contributed by atoms with Gasteiger partial charge >= 0.3 is 0 Å². The zero-order chi connectivity index (χ0) is 9.97. The van der Waals surface area contributed by atoms with Gasteiger partial charge in [0, 0.05) is 32.1 Å². The minimum absolute atomic E-state index is 0.186. The van der Waals surface area contributed by atoms with Crippen molar-refractivity contribution in [2.45, 2.75) is 25.7 Å². The Labute approximate surface area is 83.3 Å². The highest BCUT2D eigenvalue weighted by atomic mass is 16.2. The highest BCUT2D eigenvalue weighted by Gasteiger charge is 2.22. The quantitative estimate of drug-likeness (QED) is 0.727.